The Kier molecular flexibility index (Phi) is 3.99. The molecule has 3 rings (SSSR count). The SMILES string of the molecule is O=C(O)c1cccc(-n2nnc(CO)c2Cc2cccs2)c1. The Morgan fingerprint density at radius 1 is 1.27 bits per heavy atom. The van der Waals surface area contributed by atoms with Gasteiger partial charge in [-0.15, -0.1) is 16.4 Å². The summed E-state index contributed by atoms with van der Waals surface area (Å²) in [5.74, 6) is -0.996. The van der Waals surface area contributed by atoms with Crippen LogP contribution in [0.15, 0.2) is 41.8 Å². The first kappa shape index (κ1) is 14.4. The van der Waals surface area contributed by atoms with Gasteiger partial charge in [0.25, 0.3) is 0 Å². The first-order valence-corrected chi connectivity index (χ1v) is 7.47. The zero-order valence-electron chi connectivity index (χ0n) is 11.5. The van der Waals surface area contributed by atoms with Crippen molar-refractivity contribution in [1.82, 2.24) is 15.0 Å². The van der Waals surface area contributed by atoms with E-state index < -0.39 is 5.97 Å². The lowest BCUT2D eigenvalue weighted by Crippen LogP contribution is -2.06. The summed E-state index contributed by atoms with van der Waals surface area (Å²) in [4.78, 5) is 12.2. The Balaban J connectivity index is 2.05. The molecule has 0 saturated carbocycles. The number of carbonyl (C=O) groups is 1. The van der Waals surface area contributed by atoms with Gasteiger partial charge < -0.3 is 10.2 Å². The van der Waals surface area contributed by atoms with Crippen molar-refractivity contribution in [2.24, 2.45) is 0 Å². The lowest BCUT2D eigenvalue weighted by atomic mass is 10.1. The molecule has 2 heterocycles. The van der Waals surface area contributed by atoms with Crippen LogP contribution in [0.2, 0.25) is 0 Å². The number of rotatable bonds is 5. The second kappa shape index (κ2) is 6.08. The summed E-state index contributed by atoms with van der Waals surface area (Å²) < 4.78 is 1.58. The van der Waals surface area contributed by atoms with Gasteiger partial charge in [-0.05, 0) is 29.6 Å². The van der Waals surface area contributed by atoms with Gasteiger partial charge in [0, 0.05) is 11.3 Å². The highest BCUT2D eigenvalue weighted by molar-refractivity contribution is 7.09. The lowest BCUT2D eigenvalue weighted by Gasteiger charge is -2.07. The Labute approximate surface area is 130 Å². The van der Waals surface area contributed by atoms with Gasteiger partial charge in [-0.2, -0.15) is 0 Å². The maximum atomic E-state index is 11.1. The molecule has 0 spiro atoms. The van der Waals surface area contributed by atoms with Crippen LogP contribution in [0.25, 0.3) is 5.69 Å². The normalized spacial score (nSPS) is 10.8. The molecule has 0 atom stereocenters. The molecular formula is C15H13N3O3S. The number of aliphatic hydroxyl groups excluding tert-OH is 1. The molecule has 0 aliphatic carbocycles. The second-order valence-corrected chi connectivity index (χ2v) is 5.70. The number of hydrogen-bond donors (Lipinski definition) is 2. The predicted octanol–water partition coefficient (Wildman–Crippen LogP) is 2.11. The molecule has 2 N–H and O–H groups in total. The third-order valence-corrected chi connectivity index (χ3v) is 4.13. The monoisotopic (exact) mass is 315 g/mol. The molecule has 1 aromatic carbocycles. The van der Waals surface area contributed by atoms with Crippen molar-refractivity contribution in [3.05, 3.63) is 63.6 Å². The zero-order chi connectivity index (χ0) is 15.5. The summed E-state index contributed by atoms with van der Waals surface area (Å²) in [7, 11) is 0. The van der Waals surface area contributed by atoms with Gasteiger partial charge in [0.05, 0.1) is 23.6 Å². The molecule has 3 aromatic rings. The van der Waals surface area contributed by atoms with E-state index in [4.69, 9.17) is 5.11 Å². The number of benzene rings is 1. The number of thiophene rings is 1. The van der Waals surface area contributed by atoms with Gasteiger partial charge in [0.1, 0.15) is 5.69 Å². The first-order valence-electron chi connectivity index (χ1n) is 6.59. The molecule has 0 aliphatic heterocycles. The topological polar surface area (TPSA) is 88.2 Å². The van der Waals surface area contributed by atoms with Crippen molar-refractivity contribution in [3.8, 4) is 5.69 Å². The van der Waals surface area contributed by atoms with Crippen molar-refractivity contribution in [1.29, 1.82) is 0 Å². The summed E-state index contributed by atoms with van der Waals surface area (Å²) in [5.41, 5.74) is 2.04. The molecule has 0 unspecified atom stereocenters. The van der Waals surface area contributed by atoms with E-state index in [0.29, 0.717) is 17.8 Å². The summed E-state index contributed by atoms with van der Waals surface area (Å²) >= 11 is 1.61. The van der Waals surface area contributed by atoms with E-state index in [0.717, 1.165) is 10.6 Å². The van der Waals surface area contributed by atoms with Crippen LogP contribution in [0.5, 0.6) is 0 Å². The van der Waals surface area contributed by atoms with Gasteiger partial charge in [-0.1, -0.05) is 17.3 Å². The Morgan fingerprint density at radius 2 is 2.14 bits per heavy atom. The molecule has 22 heavy (non-hydrogen) atoms. The van der Waals surface area contributed by atoms with E-state index in [-0.39, 0.29) is 12.2 Å². The Morgan fingerprint density at radius 3 is 2.82 bits per heavy atom. The maximum absolute atomic E-state index is 11.1. The number of nitrogens with zero attached hydrogens (tertiary/aromatic N) is 3. The number of aliphatic hydroxyl groups is 1. The van der Waals surface area contributed by atoms with Crippen molar-refractivity contribution in [2.75, 3.05) is 0 Å². The smallest absolute Gasteiger partial charge is 0.335 e. The number of aromatic nitrogens is 3. The predicted molar refractivity (Wildman–Crippen MR) is 81.4 cm³/mol. The van der Waals surface area contributed by atoms with Crippen LogP contribution in [0, 0.1) is 0 Å². The minimum Gasteiger partial charge on any atom is -0.478 e. The van der Waals surface area contributed by atoms with E-state index in [1.54, 1.807) is 28.2 Å². The minimum atomic E-state index is -0.996. The molecular weight excluding hydrogens is 302 g/mol. The molecule has 112 valence electrons. The van der Waals surface area contributed by atoms with Crippen molar-refractivity contribution >= 4 is 17.3 Å². The highest BCUT2D eigenvalue weighted by atomic mass is 32.1. The Hall–Kier alpha value is -2.51. The van der Waals surface area contributed by atoms with Crippen molar-refractivity contribution in [3.63, 3.8) is 0 Å². The molecule has 0 aliphatic rings. The van der Waals surface area contributed by atoms with E-state index in [9.17, 15) is 9.90 Å². The second-order valence-electron chi connectivity index (χ2n) is 4.66. The van der Waals surface area contributed by atoms with Crippen LogP contribution in [0.3, 0.4) is 0 Å². The molecule has 0 radical (unpaired) electrons. The third kappa shape index (κ3) is 2.76. The van der Waals surface area contributed by atoms with Crippen LogP contribution in [0.1, 0.15) is 26.6 Å². The van der Waals surface area contributed by atoms with Gasteiger partial charge in [0.15, 0.2) is 0 Å². The summed E-state index contributed by atoms with van der Waals surface area (Å²) in [6.07, 6.45) is 0.581. The molecule has 0 amide bonds. The fourth-order valence-corrected chi connectivity index (χ4v) is 2.90. The van der Waals surface area contributed by atoms with E-state index in [1.165, 1.54) is 12.1 Å². The number of hydrogen-bond acceptors (Lipinski definition) is 5. The van der Waals surface area contributed by atoms with E-state index in [1.807, 2.05) is 17.5 Å². The molecule has 2 aromatic heterocycles. The van der Waals surface area contributed by atoms with Gasteiger partial charge in [-0.3, -0.25) is 0 Å². The van der Waals surface area contributed by atoms with Gasteiger partial charge in [-0.25, -0.2) is 9.48 Å². The van der Waals surface area contributed by atoms with Gasteiger partial charge in [0.2, 0.25) is 0 Å². The summed E-state index contributed by atoms with van der Waals surface area (Å²) in [6.45, 7) is -0.209. The lowest BCUT2D eigenvalue weighted by molar-refractivity contribution is 0.0697. The summed E-state index contributed by atoms with van der Waals surface area (Å²) in [6, 6.07) is 10.4. The molecule has 0 fully saturated rings. The minimum absolute atomic E-state index is 0.181. The molecule has 6 nitrogen and oxygen atoms in total. The van der Waals surface area contributed by atoms with Crippen molar-refractivity contribution in [2.45, 2.75) is 13.0 Å². The number of carboxylic acids is 1. The van der Waals surface area contributed by atoms with E-state index >= 15 is 0 Å². The van der Waals surface area contributed by atoms with Crippen LogP contribution < -0.4 is 0 Å². The molecule has 0 saturated heterocycles. The zero-order valence-corrected chi connectivity index (χ0v) is 12.3. The summed E-state index contributed by atoms with van der Waals surface area (Å²) in [5, 5.41) is 28.6. The third-order valence-electron chi connectivity index (χ3n) is 3.25. The van der Waals surface area contributed by atoms with Crippen LogP contribution in [-0.2, 0) is 13.0 Å². The van der Waals surface area contributed by atoms with Gasteiger partial charge >= 0.3 is 5.97 Å². The number of carboxylic acid groups (broad SMARTS) is 1. The van der Waals surface area contributed by atoms with Crippen LogP contribution in [-0.4, -0.2) is 31.2 Å². The quantitative estimate of drug-likeness (QED) is 0.753. The fourth-order valence-electron chi connectivity index (χ4n) is 2.19. The molecule has 7 heteroatoms. The average molecular weight is 315 g/mol. The highest BCUT2D eigenvalue weighted by Crippen LogP contribution is 2.20. The first-order chi connectivity index (χ1) is 10.7. The largest absolute Gasteiger partial charge is 0.478 e. The van der Waals surface area contributed by atoms with E-state index in [2.05, 4.69) is 10.3 Å². The Bertz CT molecular complexity index is 796. The van der Waals surface area contributed by atoms with Crippen molar-refractivity contribution < 1.29 is 15.0 Å². The molecule has 0 bridgehead atoms. The highest BCUT2D eigenvalue weighted by Gasteiger charge is 2.15. The fraction of sp³-hybridized carbons (Fsp3) is 0.133. The standard InChI is InChI=1S/C15H13N3O3S/c19-9-13-14(8-12-5-2-6-22-12)18(17-16-13)11-4-1-3-10(7-11)15(20)21/h1-7,19H,8-9H2,(H,20,21). The maximum Gasteiger partial charge on any atom is 0.335 e. The van der Waals surface area contributed by atoms with Crippen LogP contribution in [0.4, 0.5) is 0 Å². The average Bonchev–Trinajstić information content (AvgIpc) is 3.17. The number of aromatic carboxylic acids is 1. The van der Waals surface area contributed by atoms with Crippen LogP contribution >= 0.6 is 11.3 Å².